The van der Waals surface area contributed by atoms with Gasteiger partial charge in [-0.25, -0.2) is 4.79 Å². The fraction of sp³-hybridized carbons (Fsp3) is 0.333. The summed E-state index contributed by atoms with van der Waals surface area (Å²) in [5, 5.41) is 2.38. The van der Waals surface area contributed by atoms with E-state index in [4.69, 9.17) is 27.9 Å². The molecule has 6 heteroatoms. The Labute approximate surface area is 151 Å². The SMILES string of the molecule is CCOC(=O)NCC(=O)C(Cl)(Cl)[C@@]1(c2ccccc2)C=CC=CC1. The predicted molar refractivity (Wildman–Crippen MR) is 95.5 cm³/mol. The Morgan fingerprint density at radius 3 is 2.54 bits per heavy atom. The van der Waals surface area contributed by atoms with E-state index >= 15 is 0 Å². The number of carbonyl (C=O) groups is 2. The highest BCUT2D eigenvalue weighted by molar-refractivity contribution is 6.59. The van der Waals surface area contributed by atoms with Crippen LogP contribution in [-0.4, -0.2) is 29.4 Å². The number of alkyl halides is 2. The van der Waals surface area contributed by atoms with Crippen LogP contribution in [0.3, 0.4) is 0 Å². The first-order valence-corrected chi connectivity index (χ1v) is 8.41. The van der Waals surface area contributed by atoms with Gasteiger partial charge in [0.15, 0.2) is 10.1 Å². The highest BCUT2D eigenvalue weighted by atomic mass is 35.5. The van der Waals surface area contributed by atoms with Crippen molar-refractivity contribution in [1.29, 1.82) is 0 Å². The van der Waals surface area contributed by atoms with Crippen molar-refractivity contribution in [2.45, 2.75) is 23.1 Å². The van der Waals surface area contributed by atoms with Gasteiger partial charge in [-0.05, 0) is 18.9 Å². The van der Waals surface area contributed by atoms with Gasteiger partial charge in [-0.15, -0.1) is 0 Å². The summed E-state index contributed by atoms with van der Waals surface area (Å²) in [7, 11) is 0. The average molecular weight is 368 g/mol. The first-order chi connectivity index (χ1) is 11.4. The van der Waals surface area contributed by atoms with Gasteiger partial charge in [0.1, 0.15) is 0 Å². The molecule has 4 nitrogen and oxygen atoms in total. The van der Waals surface area contributed by atoms with Gasteiger partial charge in [-0.2, -0.15) is 0 Å². The maximum Gasteiger partial charge on any atom is 0.407 e. The van der Waals surface area contributed by atoms with Crippen LogP contribution in [0.4, 0.5) is 4.79 Å². The third-order valence-corrected chi connectivity index (χ3v) is 5.03. The number of amides is 1. The molecule has 0 saturated heterocycles. The molecule has 1 amide bonds. The summed E-state index contributed by atoms with van der Waals surface area (Å²) in [6, 6.07) is 9.39. The van der Waals surface area contributed by atoms with E-state index in [-0.39, 0.29) is 13.2 Å². The number of ether oxygens (including phenoxy) is 1. The number of halogens is 2. The number of carbonyl (C=O) groups excluding carboxylic acids is 2. The normalized spacial score (nSPS) is 19.8. The van der Waals surface area contributed by atoms with Crippen molar-refractivity contribution in [3.63, 3.8) is 0 Å². The second-order valence-electron chi connectivity index (χ2n) is 5.40. The number of alkyl carbamates (subject to hydrolysis) is 1. The molecule has 1 aliphatic carbocycles. The topological polar surface area (TPSA) is 55.4 Å². The number of hydrogen-bond acceptors (Lipinski definition) is 3. The molecule has 2 rings (SSSR count). The van der Waals surface area contributed by atoms with Crippen LogP contribution in [0, 0.1) is 0 Å². The molecule has 1 aromatic carbocycles. The number of Topliss-reactive ketones (excluding diaryl/α,β-unsaturated/α-hetero) is 1. The number of ketones is 1. The summed E-state index contributed by atoms with van der Waals surface area (Å²) >= 11 is 13.1. The van der Waals surface area contributed by atoms with Crippen LogP contribution in [0.15, 0.2) is 54.6 Å². The second-order valence-corrected chi connectivity index (χ2v) is 6.73. The number of nitrogens with one attached hydrogen (secondary N) is 1. The van der Waals surface area contributed by atoms with Crippen LogP contribution in [0.5, 0.6) is 0 Å². The van der Waals surface area contributed by atoms with Crippen molar-refractivity contribution in [3.05, 3.63) is 60.2 Å². The minimum absolute atomic E-state index is 0.217. The molecule has 1 atom stereocenters. The molecule has 1 aliphatic rings. The Bertz CT molecular complexity index is 655. The zero-order chi connectivity index (χ0) is 17.6. The molecule has 0 spiro atoms. The smallest absolute Gasteiger partial charge is 0.407 e. The van der Waals surface area contributed by atoms with Gasteiger partial charge in [-0.3, -0.25) is 4.79 Å². The molecule has 24 heavy (non-hydrogen) atoms. The van der Waals surface area contributed by atoms with E-state index in [1.807, 2.05) is 54.6 Å². The maximum atomic E-state index is 12.7. The van der Waals surface area contributed by atoms with Crippen LogP contribution in [-0.2, 0) is 14.9 Å². The van der Waals surface area contributed by atoms with Gasteiger partial charge in [0.05, 0.1) is 18.6 Å². The summed E-state index contributed by atoms with van der Waals surface area (Å²) in [5.74, 6) is -0.498. The third-order valence-electron chi connectivity index (χ3n) is 3.94. The Hall–Kier alpha value is -1.78. The maximum absolute atomic E-state index is 12.7. The third kappa shape index (κ3) is 3.65. The Morgan fingerprint density at radius 1 is 1.25 bits per heavy atom. The summed E-state index contributed by atoms with van der Waals surface area (Å²) in [5.41, 5.74) is -0.0698. The highest BCUT2D eigenvalue weighted by Gasteiger charge is 2.53. The Morgan fingerprint density at radius 2 is 1.96 bits per heavy atom. The van der Waals surface area contributed by atoms with E-state index in [0.717, 1.165) is 5.56 Å². The predicted octanol–water partition coefficient (Wildman–Crippen LogP) is 3.93. The molecule has 128 valence electrons. The first-order valence-electron chi connectivity index (χ1n) is 7.65. The van der Waals surface area contributed by atoms with Crippen molar-refractivity contribution in [1.82, 2.24) is 5.32 Å². The molecule has 0 aromatic heterocycles. The van der Waals surface area contributed by atoms with E-state index in [1.165, 1.54) is 0 Å². The van der Waals surface area contributed by atoms with E-state index < -0.39 is 21.6 Å². The van der Waals surface area contributed by atoms with Crippen LogP contribution in [0.1, 0.15) is 18.9 Å². The lowest BCUT2D eigenvalue weighted by Crippen LogP contribution is -2.51. The summed E-state index contributed by atoms with van der Waals surface area (Å²) in [4.78, 5) is 24.1. The van der Waals surface area contributed by atoms with Crippen LogP contribution >= 0.6 is 23.2 Å². The van der Waals surface area contributed by atoms with E-state index in [0.29, 0.717) is 6.42 Å². The highest BCUT2D eigenvalue weighted by Crippen LogP contribution is 2.49. The van der Waals surface area contributed by atoms with Gasteiger partial charge >= 0.3 is 6.09 Å². The lowest BCUT2D eigenvalue weighted by atomic mass is 9.71. The van der Waals surface area contributed by atoms with Crippen LogP contribution < -0.4 is 5.32 Å². The minimum atomic E-state index is -1.74. The van der Waals surface area contributed by atoms with Crippen molar-refractivity contribution >= 4 is 35.1 Å². The molecule has 1 N–H and O–H groups in total. The van der Waals surface area contributed by atoms with Crippen molar-refractivity contribution in [2.75, 3.05) is 13.2 Å². The second kappa shape index (κ2) is 7.86. The molecule has 0 bridgehead atoms. The van der Waals surface area contributed by atoms with Crippen LogP contribution in [0.2, 0.25) is 0 Å². The molecule has 0 heterocycles. The first kappa shape index (κ1) is 18.6. The largest absolute Gasteiger partial charge is 0.450 e. The average Bonchev–Trinajstić information content (AvgIpc) is 2.61. The zero-order valence-electron chi connectivity index (χ0n) is 13.3. The van der Waals surface area contributed by atoms with E-state index in [9.17, 15) is 9.59 Å². The monoisotopic (exact) mass is 367 g/mol. The molecule has 0 aliphatic heterocycles. The van der Waals surface area contributed by atoms with Crippen molar-refractivity contribution < 1.29 is 14.3 Å². The molecular weight excluding hydrogens is 349 g/mol. The fourth-order valence-electron chi connectivity index (χ4n) is 2.68. The summed E-state index contributed by atoms with van der Waals surface area (Å²) in [6.07, 6.45) is 7.26. The molecule has 0 unspecified atom stereocenters. The van der Waals surface area contributed by atoms with Gasteiger partial charge in [0.25, 0.3) is 0 Å². The van der Waals surface area contributed by atoms with E-state index in [1.54, 1.807) is 6.92 Å². The number of rotatable bonds is 6. The zero-order valence-corrected chi connectivity index (χ0v) is 14.8. The van der Waals surface area contributed by atoms with Crippen molar-refractivity contribution in [3.8, 4) is 0 Å². The lowest BCUT2D eigenvalue weighted by Gasteiger charge is -2.41. The molecule has 0 saturated carbocycles. The number of hydrogen-bond donors (Lipinski definition) is 1. The molecule has 1 aromatic rings. The van der Waals surface area contributed by atoms with Gasteiger partial charge in [-0.1, -0.05) is 77.8 Å². The van der Waals surface area contributed by atoms with Gasteiger partial charge in [0, 0.05) is 0 Å². The summed E-state index contributed by atoms with van der Waals surface area (Å²) < 4.78 is 3.01. The molecule has 0 radical (unpaired) electrons. The summed E-state index contributed by atoms with van der Waals surface area (Å²) in [6.45, 7) is 1.59. The van der Waals surface area contributed by atoms with Crippen LogP contribution in [0.25, 0.3) is 0 Å². The van der Waals surface area contributed by atoms with E-state index in [2.05, 4.69) is 5.32 Å². The molecule has 0 fully saturated rings. The number of benzene rings is 1. The minimum Gasteiger partial charge on any atom is -0.450 e. The van der Waals surface area contributed by atoms with Crippen molar-refractivity contribution in [2.24, 2.45) is 0 Å². The van der Waals surface area contributed by atoms with Gasteiger partial charge < -0.3 is 10.1 Å². The number of allylic oxidation sites excluding steroid dienone is 4. The molecular formula is C18H19Cl2NO3. The standard InChI is InChI=1S/C18H19Cl2NO3/c1-2-24-16(23)21-13-15(22)18(19,20)17(11-7-4-8-12-17)14-9-5-3-6-10-14/h3-11H,2,12-13H2,1H3,(H,21,23)/t17-/m0/s1. The lowest BCUT2D eigenvalue weighted by molar-refractivity contribution is -0.119. The fourth-order valence-corrected chi connectivity index (χ4v) is 3.31. The Kier molecular flexibility index (Phi) is 6.08. The quantitative estimate of drug-likeness (QED) is 0.774. The van der Waals surface area contributed by atoms with Gasteiger partial charge in [0.2, 0.25) is 0 Å². The Balaban J connectivity index is 2.28.